The summed E-state index contributed by atoms with van der Waals surface area (Å²) >= 11 is 1.64. The van der Waals surface area contributed by atoms with Crippen molar-refractivity contribution < 1.29 is 9.84 Å². The molecule has 1 fully saturated rings. The van der Waals surface area contributed by atoms with Gasteiger partial charge in [0, 0.05) is 30.2 Å². The second kappa shape index (κ2) is 9.07. The van der Waals surface area contributed by atoms with Gasteiger partial charge < -0.3 is 14.8 Å². The number of para-hydroxylation sites is 1. The van der Waals surface area contributed by atoms with E-state index in [9.17, 15) is 5.11 Å². The number of likely N-dealkylation sites (tertiary alicyclic amines) is 1. The van der Waals surface area contributed by atoms with Gasteiger partial charge in [0.15, 0.2) is 0 Å². The largest absolute Gasteiger partial charge is 0.493 e. The van der Waals surface area contributed by atoms with Crippen LogP contribution in [-0.2, 0) is 18.6 Å². The van der Waals surface area contributed by atoms with E-state index in [1.165, 1.54) is 4.88 Å². The highest BCUT2D eigenvalue weighted by Gasteiger charge is 2.35. The van der Waals surface area contributed by atoms with Crippen LogP contribution in [0.2, 0.25) is 0 Å². The zero-order valence-electron chi connectivity index (χ0n) is 16.8. The SMILES string of the molecule is Cc1nc([C@]2(O)CCCN(Cc3ncc[nH]3)CC2)sc1CCOc1ccccc1. The monoisotopic (exact) mass is 412 g/mol. The number of nitrogens with one attached hydrogen (secondary N) is 1. The normalized spacial score (nSPS) is 20.5. The molecular formula is C22H28N4O2S. The van der Waals surface area contributed by atoms with Crippen LogP contribution in [0.3, 0.4) is 0 Å². The minimum Gasteiger partial charge on any atom is -0.493 e. The van der Waals surface area contributed by atoms with Crippen molar-refractivity contribution in [3.63, 3.8) is 0 Å². The fourth-order valence-electron chi connectivity index (χ4n) is 3.78. The third-order valence-electron chi connectivity index (χ3n) is 5.47. The van der Waals surface area contributed by atoms with E-state index in [2.05, 4.69) is 14.9 Å². The van der Waals surface area contributed by atoms with E-state index in [0.717, 1.165) is 61.2 Å². The lowest BCUT2D eigenvalue weighted by Gasteiger charge is -2.24. The molecule has 6 nitrogen and oxygen atoms in total. The van der Waals surface area contributed by atoms with Crippen LogP contribution in [0, 0.1) is 6.92 Å². The Hall–Kier alpha value is -2.22. The summed E-state index contributed by atoms with van der Waals surface area (Å²) in [6, 6.07) is 9.86. The molecule has 0 radical (unpaired) electrons. The predicted molar refractivity (Wildman–Crippen MR) is 114 cm³/mol. The number of aromatic nitrogens is 3. The molecule has 0 aliphatic carbocycles. The van der Waals surface area contributed by atoms with Gasteiger partial charge in [0.05, 0.1) is 18.8 Å². The fraction of sp³-hybridized carbons (Fsp3) is 0.455. The first-order chi connectivity index (χ1) is 14.1. The predicted octanol–water partition coefficient (Wildman–Crippen LogP) is 3.67. The third kappa shape index (κ3) is 5.04. The molecule has 1 atom stereocenters. The minimum atomic E-state index is -0.841. The number of aryl methyl sites for hydroxylation is 1. The van der Waals surface area contributed by atoms with Crippen molar-refractivity contribution in [3.8, 4) is 5.75 Å². The van der Waals surface area contributed by atoms with Gasteiger partial charge >= 0.3 is 0 Å². The summed E-state index contributed by atoms with van der Waals surface area (Å²) < 4.78 is 5.83. The Morgan fingerprint density at radius 1 is 1.24 bits per heavy atom. The van der Waals surface area contributed by atoms with Crippen LogP contribution in [-0.4, -0.2) is 44.7 Å². The Morgan fingerprint density at radius 2 is 2.10 bits per heavy atom. The second-order valence-electron chi connectivity index (χ2n) is 7.64. The van der Waals surface area contributed by atoms with E-state index >= 15 is 0 Å². The first-order valence-corrected chi connectivity index (χ1v) is 11.0. The standard InChI is InChI=1S/C22H28N4O2S/c1-17-19(8-15-28-18-6-3-2-4-7-18)29-21(25-17)22(27)9-5-13-26(14-10-22)16-20-23-11-12-24-20/h2-4,6-7,11-12,27H,5,8-10,13-16H2,1H3,(H,23,24)/t22-/m0/s1. The molecule has 154 valence electrons. The minimum absolute atomic E-state index is 0.613. The molecule has 29 heavy (non-hydrogen) atoms. The maximum Gasteiger partial charge on any atom is 0.125 e. The number of imidazole rings is 1. The van der Waals surface area contributed by atoms with Crippen LogP contribution in [0.1, 0.15) is 40.7 Å². The van der Waals surface area contributed by atoms with E-state index in [-0.39, 0.29) is 0 Å². The quantitative estimate of drug-likeness (QED) is 0.619. The van der Waals surface area contributed by atoms with Gasteiger partial charge in [0.2, 0.25) is 0 Å². The molecule has 3 heterocycles. The molecule has 0 spiro atoms. The number of ether oxygens (including phenoxy) is 1. The number of benzene rings is 1. The lowest BCUT2D eigenvalue weighted by molar-refractivity contribution is 0.0206. The smallest absolute Gasteiger partial charge is 0.125 e. The summed E-state index contributed by atoms with van der Waals surface area (Å²) in [7, 11) is 0. The van der Waals surface area contributed by atoms with Crippen molar-refractivity contribution in [2.24, 2.45) is 0 Å². The van der Waals surface area contributed by atoms with Gasteiger partial charge in [-0.05, 0) is 44.9 Å². The van der Waals surface area contributed by atoms with Crippen LogP contribution in [0.25, 0.3) is 0 Å². The zero-order valence-corrected chi connectivity index (χ0v) is 17.6. The van der Waals surface area contributed by atoms with Crippen molar-refractivity contribution >= 4 is 11.3 Å². The molecule has 4 rings (SSSR count). The lowest BCUT2D eigenvalue weighted by Crippen LogP contribution is -2.29. The van der Waals surface area contributed by atoms with Gasteiger partial charge in [-0.3, -0.25) is 4.90 Å². The van der Waals surface area contributed by atoms with Crippen molar-refractivity contribution in [3.05, 3.63) is 64.1 Å². The number of H-pyrrole nitrogens is 1. The number of aliphatic hydroxyl groups is 1. The summed E-state index contributed by atoms with van der Waals surface area (Å²) in [5, 5.41) is 12.2. The number of thiazole rings is 1. The molecular weight excluding hydrogens is 384 g/mol. The van der Waals surface area contributed by atoms with Gasteiger partial charge in [0.1, 0.15) is 22.2 Å². The van der Waals surface area contributed by atoms with Crippen LogP contribution < -0.4 is 4.74 Å². The molecule has 0 saturated carbocycles. The highest BCUT2D eigenvalue weighted by Crippen LogP contribution is 2.36. The summed E-state index contributed by atoms with van der Waals surface area (Å²) in [6.07, 6.45) is 6.83. The Labute approximate surface area is 175 Å². The van der Waals surface area contributed by atoms with Crippen molar-refractivity contribution in [1.82, 2.24) is 19.9 Å². The van der Waals surface area contributed by atoms with Crippen LogP contribution in [0.15, 0.2) is 42.7 Å². The van der Waals surface area contributed by atoms with E-state index in [1.54, 1.807) is 17.5 Å². The third-order valence-corrected chi connectivity index (χ3v) is 6.88. The highest BCUT2D eigenvalue weighted by molar-refractivity contribution is 7.11. The Kier molecular flexibility index (Phi) is 6.28. The fourth-order valence-corrected chi connectivity index (χ4v) is 4.97. The second-order valence-corrected chi connectivity index (χ2v) is 8.72. The Bertz CT molecular complexity index is 897. The number of nitrogens with zero attached hydrogens (tertiary/aromatic N) is 3. The average Bonchev–Trinajstić information content (AvgIpc) is 3.32. The first kappa shape index (κ1) is 20.1. The Balaban J connectivity index is 1.36. The summed E-state index contributed by atoms with van der Waals surface area (Å²) in [6.45, 7) is 5.23. The van der Waals surface area contributed by atoms with Gasteiger partial charge in [0.25, 0.3) is 0 Å². The molecule has 1 aliphatic rings. The molecule has 2 aromatic heterocycles. The van der Waals surface area contributed by atoms with Crippen LogP contribution >= 0.6 is 11.3 Å². The van der Waals surface area contributed by atoms with Crippen LogP contribution in [0.5, 0.6) is 5.75 Å². The molecule has 1 saturated heterocycles. The molecule has 1 aromatic carbocycles. The summed E-state index contributed by atoms with van der Waals surface area (Å²) in [4.78, 5) is 15.8. The number of hydrogen-bond acceptors (Lipinski definition) is 6. The molecule has 0 bridgehead atoms. The van der Waals surface area contributed by atoms with Gasteiger partial charge in [-0.2, -0.15) is 0 Å². The summed E-state index contributed by atoms with van der Waals surface area (Å²) in [5.41, 5.74) is 0.165. The first-order valence-electron chi connectivity index (χ1n) is 10.2. The van der Waals surface area contributed by atoms with E-state index in [0.29, 0.717) is 13.0 Å². The van der Waals surface area contributed by atoms with E-state index in [1.807, 2.05) is 43.5 Å². The topological polar surface area (TPSA) is 74.3 Å². The van der Waals surface area contributed by atoms with Crippen molar-refractivity contribution in [2.75, 3.05) is 19.7 Å². The van der Waals surface area contributed by atoms with E-state index < -0.39 is 5.60 Å². The molecule has 2 N–H and O–H groups in total. The lowest BCUT2D eigenvalue weighted by atomic mass is 9.96. The van der Waals surface area contributed by atoms with Gasteiger partial charge in [-0.25, -0.2) is 9.97 Å². The summed E-state index contributed by atoms with van der Waals surface area (Å²) in [5.74, 6) is 1.86. The Morgan fingerprint density at radius 3 is 2.90 bits per heavy atom. The van der Waals surface area contributed by atoms with Gasteiger partial charge in [-0.15, -0.1) is 11.3 Å². The van der Waals surface area contributed by atoms with Crippen molar-refractivity contribution in [1.29, 1.82) is 0 Å². The van der Waals surface area contributed by atoms with Crippen LogP contribution in [0.4, 0.5) is 0 Å². The maximum atomic E-state index is 11.4. The number of rotatable bonds is 7. The zero-order chi connectivity index (χ0) is 20.1. The molecule has 0 amide bonds. The number of aromatic amines is 1. The maximum absolute atomic E-state index is 11.4. The highest BCUT2D eigenvalue weighted by atomic mass is 32.1. The molecule has 7 heteroatoms. The molecule has 0 unspecified atom stereocenters. The molecule has 3 aromatic rings. The number of hydrogen-bond donors (Lipinski definition) is 2. The van der Waals surface area contributed by atoms with E-state index in [4.69, 9.17) is 9.72 Å². The van der Waals surface area contributed by atoms with Gasteiger partial charge in [-0.1, -0.05) is 18.2 Å². The van der Waals surface area contributed by atoms with Crippen molar-refractivity contribution in [2.45, 2.75) is 44.8 Å². The molecule has 1 aliphatic heterocycles. The average molecular weight is 413 g/mol.